The van der Waals surface area contributed by atoms with Crippen LogP contribution in [0.2, 0.25) is 10.0 Å². The van der Waals surface area contributed by atoms with Gasteiger partial charge in [0.1, 0.15) is 0 Å². The van der Waals surface area contributed by atoms with Gasteiger partial charge in [0.2, 0.25) is 0 Å². The van der Waals surface area contributed by atoms with E-state index in [1.165, 1.54) is 0 Å². The van der Waals surface area contributed by atoms with Gasteiger partial charge in [0.25, 0.3) is 0 Å². The monoisotopic (exact) mass is 269 g/mol. The molecule has 1 heterocycles. The maximum Gasteiger partial charge on any atom is 0.0522 e. The van der Waals surface area contributed by atoms with Crippen LogP contribution in [0.4, 0.5) is 0 Å². The van der Waals surface area contributed by atoms with Crippen molar-refractivity contribution in [1.82, 2.24) is 9.78 Å². The van der Waals surface area contributed by atoms with Crippen LogP contribution in [-0.4, -0.2) is 9.78 Å². The zero-order valence-corrected chi connectivity index (χ0v) is 10.9. The van der Waals surface area contributed by atoms with E-state index in [-0.39, 0.29) is 6.04 Å². The lowest BCUT2D eigenvalue weighted by Gasteiger charge is -2.11. The molecule has 0 bridgehead atoms. The molecule has 2 aromatic rings. The predicted molar refractivity (Wildman–Crippen MR) is 70.3 cm³/mol. The third-order valence-electron chi connectivity index (χ3n) is 2.53. The lowest BCUT2D eigenvalue weighted by atomic mass is 10.0. The molecule has 0 fully saturated rings. The maximum atomic E-state index is 6.12. The van der Waals surface area contributed by atoms with Crippen molar-refractivity contribution in [3.05, 3.63) is 51.8 Å². The summed E-state index contributed by atoms with van der Waals surface area (Å²) in [5.41, 5.74) is 8.15. The molecule has 0 radical (unpaired) electrons. The summed E-state index contributed by atoms with van der Waals surface area (Å²) in [5, 5.41) is 5.32. The van der Waals surface area contributed by atoms with Crippen molar-refractivity contribution in [2.24, 2.45) is 12.8 Å². The lowest BCUT2D eigenvalue weighted by molar-refractivity contribution is 0.719. The van der Waals surface area contributed by atoms with Crippen LogP contribution >= 0.6 is 23.2 Å². The molecule has 0 saturated heterocycles. The molecule has 1 atom stereocenters. The SMILES string of the molecule is Cn1cc(CC(N)c2cc(Cl)cc(Cl)c2)cn1. The van der Waals surface area contributed by atoms with Crippen molar-refractivity contribution in [1.29, 1.82) is 0 Å². The summed E-state index contributed by atoms with van der Waals surface area (Å²) in [6.07, 6.45) is 4.47. The topological polar surface area (TPSA) is 43.8 Å². The first-order chi connectivity index (χ1) is 8.04. The minimum Gasteiger partial charge on any atom is -0.324 e. The summed E-state index contributed by atoms with van der Waals surface area (Å²) in [4.78, 5) is 0. The van der Waals surface area contributed by atoms with Crippen LogP contribution in [0.15, 0.2) is 30.6 Å². The van der Waals surface area contributed by atoms with Gasteiger partial charge in [-0.25, -0.2) is 0 Å². The number of rotatable bonds is 3. The third kappa shape index (κ3) is 3.22. The largest absolute Gasteiger partial charge is 0.324 e. The molecule has 1 aromatic heterocycles. The molecule has 0 aliphatic heterocycles. The van der Waals surface area contributed by atoms with Gasteiger partial charge in [-0.3, -0.25) is 4.68 Å². The first kappa shape index (κ1) is 12.4. The zero-order valence-electron chi connectivity index (χ0n) is 9.40. The van der Waals surface area contributed by atoms with Crippen molar-refractivity contribution in [2.45, 2.75) is 12.5 Å². The van der Waals surface area contributed by atoms with E-state index in [0.717, 1.165) is 11.1 Å². The normalized spacial score (nSPS) is 12.7. The smallest absolute Gasteiger partial charge is 0.0522 e. The van der Waals surface area contributed by atoms with Crippen LogP contribution in [-0.2, 0) is 13.5 Å². The van der Waals surface area contributed by atoms with E-state index in [0.29, 0.717) is 16.5 Å². The Hall–Kier alpha value is -1.03. The maximum absolute atomic E-state index is 6.12. The molecule has 1 aromatic carbocycles. The van der Waals surface area contributed by atoms with Gasteiger partial charge < -0.3 is 5.73 Å². The number of halogens is 2. The number of nitrogens with zero attached hydrogens (tertiary/aromatic N) is 2. The average molecular weight is 270 g/mol. The van der Waals surface area contributed by atoms with Crippen molar-refractivity contribution in [3.8, 4) is 0 Å². The summed E-state index contributed by atoms with van der Waals surface area (Å²) in [6.45, 7) is 0. The Bertz CT molecular complexity index is 502. The third-order valence-corrected chi connectivity index (χ3v) is 2.96. The Balaban J connectivity index is 2.16. The Morgan fingerprint density at radius 1 is 1.29 bits per heavy atom. The van der Waals surface area contributed by atoms with Crippen molar-refractivity contribution in [2.75, 3.05) is 0 Å². The number of aromatic nitrogens is 2. The molecule has 3 nitrogen and oxygen atoms in total. The van der Waals surface area contributed by atoms with Gasteiger partial charge in [-0.2, -0.15) is 5.10 Å². The second-order valence-electron chi connectivity index (χ2n) is 4.04. The van der Waals surface area contributed by atoms with Gasteiger partial charge in [0.15, 0.2) is 0 Å². The first-order valence-electron chi connectivity index (χ1n) is 5.23. The van der Waals surface area contributed by atoms with E-state index in [9.17, 15) is 0 Å². The molecule has 17 heavy (non-hydrogen) atoms. The summed E-state index contributed by atoms with van der Waals surface area (Å²) >= 11 is 11.9. The van der Waals surface area contributed by atoms with Crippen molar-refractivity contribution in [3.63, 3.8) is 0 Å². The highest BCUT2D eigenvalue weighted by Gasteiger charge is 2.10. The standard InChI is InChI=1S/C12H13Cl2N3/c1-17-7-8(6-16-17)2-12(15)9-3-10(13)5-11(14)4-9/h3-7,12H,2,15H2,1H3. The Labute approximate surface area is 110 Å². The molecule has 2 rings (SSSR count). The summed E-state index contributed by atoms with van der Waals surface area (Å²) in [5.74, 6) is 0. The van der Waals surface area contributed by atoms with Crippen LogP contribution in [0.1, 0.15) is 17.2 Å². The van der Waals surface area contributed by atoms with Gasteiger partial charge in [-0.05, 0) is 35.7 Å². The summed E-state index contributed by atoms with van der Waals surface area (Å²) < 4.78 is 1.76. The van der Waals surface area contributed by atoms with E-state index < -0.39 is 0 Å². The molecule has 5 heteroatoms. The highest BCUT2D eigenvalue weighted by molar-refractivity contribution is 6.34. The second-order valence-corrected chi connectivity index (χ2v) is 4.91. The van der Waals surface area contributed by atoms with Crippen molar-refractivity contribution < 1.29 is 0 Å². The average Bonchev–Trinajstić information content (AvgIpc) is 2.62. The highest BCUT2D eigenvalue weighted by Crippen LogP contribution is 2.24. The van der Waals surface area contributed by atoms with Crippen LogP contribution in [0.3, 0.4) is 0 Å². The van der Waals surface area contributed by atoms with Crippen LogP contribution < -0.4 is 5.73 Å². The van der Waals surface area contributed by atoms with Gasteiger partial charge in [0, 0.05) is 29.3 Å². The predicted octanol–water partition coefficient (Wildman–Crippen LogP) is 2.97. The molecule has 0 amide bonds. The number of nitrogens with two attached hydrogens (primary N) is 1. The Morgan fingerprint density at radius 2 is 1.94 bits per heavy atom. The van der Waals surface area contributed by atoms with E-state index >= 15 is 0 Å². The quantitative estimate of drug-likeness (QED) is 0.931. The molecule has 2 N–H and O–H groups in total. The fourth-order valence-corrected chi connectivity index (χ4v) is 2.28. The summed E-state index contributed by atoms with van der Waals surface area (Å²) in [6, 6.07) is 5.25. The van der Waals surface area contributed by atoms with Gasteiger partial charge in [0.05, 0.1) is 6.20 Å². The fourth-order valence-electron chi connectivity index (χ4n) is 1.74. The number of benzene rings is 1. The van der Waals surface area contributed by atoms with Crippen molar-refractivity contribution >= 4 is 23.2 Å². The van der Waals surface area contributed by atoms with Crippen LogP contribution in [0.5, 0.6) is 0 Å². The van der Waals surface area contributed by atoms with Gasteiger partial charge in [-0.15, -0.1) is 0 Å². The molecule has 90 valence electrons. The molecular weight excluding hydrogens is 257 g/mol. The Morgan fingerprint density at radius 3 is 2.47 bits per heavy atom. The molecule has 0 saturated carbocycles. The first-order valence-corrected chi connectivity index (χ1v) is 5.99. The van der Waals surface area contributed by atoms with E-state index in [4.69, 9.17) is 28.9 Å². The van der Waals surface area contributed by atoms with Crippen LogP contribution in [0.25, 0.3) is 0 Å². The van der Waals surface area contributed by atoms with Crippen LogP contribution in [0, 0.1) is 0 Å². The lowest BCUT2D eigenvalue weighted by Crippen LogP contribution is -2.13. The minimum atomic E-state index is -0.129. The van der Waals surface area contributed by atoms with Gasteiger partial charge in [-0.1, -0.05) is 23.2 Å². The Kier molecular flexibility index (Phi) is 3.72. The molecule has 0 aliphatic carbocycles. The molecular formula is C12H13Cl2N3. The van der Waals surface area contributed by atoms with E-state index in [2.05, 4.69) is 5.10 Å². The molecule has 0 aliphatic rings. The minimum absolute atomic E-state index is 0.129. The van der Waals surface area contributed by atoms with Gasteiger partial charge >= 0.3 is 0 Å². The number of hydrogen-bond donors (Lipinski definition) is 1. The van der Waals surface area contributed by atoms with E-state index in [1.54, 1.807) is 10.7 Å². The molecule has 1 unspecified atom stereocenters. The highest BCUT2D eigenvalue weighted by atomic mass is 35.5. The number of hydrogen-bond acceptors (Lipinski definition) is 2. The zero-order chi connectivity index (χ0) is 12.4. The molecule has 0 spiro atoms. The summed E-state index contributed by atoms with van der Waals surface area (Å²) in [7, 11) is 1.88. The second kappa shape index (κ2) is 5.08. The van der Waals surface area contributed by atoms with E-state index in [1.807, 2.05) is 31.6 Å². The number of aryl methyl sites for hydroxylation is 1. The fraction of sp³-hybridized carbons (Fsp3) is 0.250.